The lowest BCUT2D eigenvalue weighted by molar-refractivity contribution is -0.145. The van der Waals surface area contributed by atoms with Gasteiger partial charge in [-0.05, 0) is 36.6 Å². The Morgan fingerprint density at radius 2 is 1.88 bits per heavy atom. The summed E-state index contributed by atoms with van der Waals surface area (Å²) in [6, 6.07) is 4.53. The number of hydrogen-bond donors (Lipinski definition) is 2. The molecule has 2 rings (SSSR count). The van der Waals surface area contributed by atoms with Crippen LogP contribution in [-0.2, 0) is 10.2 Å². The first kappa shape index (κ1) is 12.2. The molecule has 0 aliphatic heterocycles. The average Bonchev–Trinajstić information content (AvgIpc) is 2.33. The van der Waals surface area contributed by atoms with Crippen LogP contribution >= 0.6 is 11.6 Å². The van der Waals surface area contributed by atoms with E-state index >= 15 is 0 Å². The Morgan fingerprint density at radius 3 is 2.47 bits per heavy atom. The van der Waals surface area contributed by atoms with E-state index in [-0.39, 0.29) is 5.75 Å². The highest BCUT2D eigenvalue weighted by Crippen LogP contribution is 2.43. The number of phenols is 1. The monoisotopic (exact) mass is 254 g/mol. The molecule has 1 aliphatic rings. The number of aromatic hydroxyl groups is 1. The highest BCUT2D eigenvalue weighted by Gasteiger charge is 2.42. The van der Waals surface area contributed by atoms with Crippen LogP contribution in [0, 0.1) is 0 Å². The summed E-state index contributed by atoms with van der Waals surface area (Å²) >= 11 is 6.09. The maximum Gasteiger partial charge on any atom is 0.314 e. The second-order valence-corrected chi connectivity index (χ2v) is 5.02. The summed E-state index contributed by atoms with van der Waals surface area (Å²) in [5.41, 5.74) is -0.375. The van der Waals surface area contributed by atoms with Gasteiger partial charge in [0, 0.05) is 5.02 Å². The van der Waals surface area contributed by atoms with Gasteiger partial charge in [-0.1, -0.05) is 30.9 Å². The van der Waals surface area contributed by atoms with Crippen molar-refractivity contribution >= 4 is 17.6 Å². The molecule has 0 bridgehead atoms. The molecule has 1 aromatic carbocycles. The maximum absolute atomic E-state index is 11.6. The molecule has 92 valence electrons. The molecule has 3 nitrogen and oxygen atoms in total. The van der Waals surface area contributed by atoms with Crippen LogP contribution in [0.15, 0.2) is 18.2 Å². The molecule has 4 heteroatoms. The van der Waals surface area contributed by atoms with E-state index in [0.717, 1.165) is 19.3 Å². The summed E-state index contributed by atoms with van der Waals surface area (Å²) in [5, 5.41) is 19.5. The number of phenolic OH excluding ortho intramolecular Hbond substituents is 1. The summed E-state index contributed by atoms with van der Waals surface area (Å²) in [6.07, 6.45) is 4.01. The molecule has 17 heavy (non-hydrogen) atoms. The number of halogens is 1. The van der Waals surface area contributed by atoms with Crippen LogP contribution in [0.3, 0.4) is 0 Å². The molecular weight excluding hydrogens is 240 g/mol. The molecule has 1 aromatic rings. The zero-order valence-corrected chi connectivity index (χ0v) is 10.2. The molecule has 1 fully saturated rings. The third kappa shape index (κ3) is 2.12. The first-order valence-corrected chi connectivity index (χ1v) is 6.16. The lowest BCUT2D eigenvalue weighted by Crippen LogP contribution is -2.38. The minimum atomic E-state index is -0.923. The minimum absolute atomic E-state index is 0.0654. The zero-order valence-electron chi connectivity index (χ0n) is 9.45. The summed E-state index contributed by atoms with van der Waals surface area (Å²) in [7, 11) is 0. The van der Waals surface area contributed by atoms with Crippen LogP contribution in [0.25, 0.3) is 0 Å². The van der Waals surface area contributed by atoms with Crippen LogP contribution in [0.2, 0.25) is 5.02 Å². The van der Waals surface area contributed by atoms with Crippen molar-refractivity contribution in [2.75, 3.05) is 0 Å². The van der Waals surface area contributed by atoms with Crippen LogP contribution in [0.4, 0.5) is 0 Å². The molecule has 1 aliphatic carbocycles. The molecule has 0 amide bonds. The van der Waals surface area contributed by atoms with Gasteiger partial charge in [0.15, 0.2) is 0 Å². The van der Waals surface area contributed by atoms with Crippen molar-refractivity contribution in [3.05, 3.63) is 28.8 Å². The molecule has 0 heterocycles. The van der Waals surface area contributed by atoms with Gasteiger partial charge in [-0.25, -0.2) is 0 Å². The number of carbonyl (C=O) groups is 1. The largest absolute Gasteiger partial charge is 0.508 e. The number of carboxylic acids is 1. The smallest absolute Gasteiger partial charge is 0.314 e. The number of rotatable bonds is 2. The minimum Gasteiger partial charge on any atom is -0.508 e. The lowest BCUT2D eigenvalue weighted by Gasteiger charge is -2.34. The van der Waals surface area contributed by atoms with E-state index < -0.39 is 11.4 Å². The molecule has 0 radical (unpaired) electrons. The molecule has 0 atom stereocenters. The molecule has 2 N–H and O–H groups in total. The van der Waals surface area contributed by atoms with Gasteiger partial charge in [0.2, 0.25) is 0 Å². The Morgan fingerprint density at radius 1 is 1.24 bits per heavy atom. The number of benzene rings is 1. The van der Waals surface area contributed by atoms with Crippen LogP contribution < -0.4 is 0 Å². The van der Waals surface area contributed by atoms with Crippen molar-refractivity contribution in [3.8, 4) is 5.75 Å². The van der Waals surface area contributed by atoms with Gasteiger partial charge in [0.25, 0.3) is 0 Å². The SMILES string of the molecule is O=C(O)C1(c2cc(O)ccc2Cl)CCCCC1. The first-order chi connectivity index (χ1) is 8.06. The molecule has 0 aromatic heterocycles. The maximum atomic E-state index is 11.6. The lowest BCUT2D eigenvalue weighted by atomic mass is 9.69. The number of carboxylic acid groups (broad SMARTS) is 1. The van der Waals surface area contributed by atoms with Crippen LogP contribution in [-0.4, -0.2) is 16.2 Å². The first-order valence-electron chi connectivity index (χ1n) is 5.79. The highest BCUT2D eigenvalue weighted by atomic mass is 35.5. The van der Waals surface area contributed by atoms with Crippen molar-refractivity contribution in [1.29, 1.82) is 0 Å². The molecule has 0 unspecified atom stereocenters. The van der Waals surface area contributed by atoms with E-state index in [1.807, 2.05) is 0 Å². The Balaban J connectivity index is 2.52. The zero-order chi connectivity index (χ0) is 12.5. The topological polar surface area (TPSA) is 57.5 Å². The molecule has 0 saturated heterocycles. The quantitative estimate of drug-likeness (QED) is 0.851. The normalized spacial score (nSPS) is 18.9. The fourth-order valence-corrected chi connectivity index (χ4v) is 2.93. The van der Waals surface area contributed by atoms with E-state index in [1.54, 1.807) is 6.07 Å². The average molecular weight is 255 g/mol. The Labute approximate surface area is 105 Å². The third-order valence-electron chi connectivity index (χ3n) is 3.58. The van der Waals surface area contributed by atoms with Crippen LogP contribution in [0.1, 0.15) is 37.7 Å². The van der Waals surface area contributed by atoms with Gasteiger partial charge in [-0.3, -0.25) is 4.79 Å². The van der Waals surface area contributed by atoms with E-state index in [0.29, 0.717) is 23.4 Å². The van der Waals surface area contributed by atoms with E-state index in [2.05, 4.69) is 0 Å². The molecule has 1 saturated carbocycles. The van der Waals surface area contributed by atoms with Crippen molar-refractivity contribution in [2.45, 2.75) is 37.5 Å². The van der Waals surface area contributed by atoms with Crippen LogP contribution in [0.5, 0.6) is 5.75 Å². The predicted octanol–water partition coefficient (Wildman–Crippen LogP) is 3.33. The van der Waals surface area contributed by atoms with Crippen molar-refractivity contribution in [3.63, 3.8) is 0 Å². The fraction of sp³-hybridized carbons (Fsp3) is 0.462. The predicted molar refractivity (Wildman–Crippen MR) is 65.5 cm³/mol. The molecule has 0 spiro atoms. The summed E-state index contributed by atoms with van der Waals surface area (Å²) < 4.78 is 0. The van der Waals surface area contributed by atoms with Crippen molar-refractivity contribution in [2.24, 2.45) is 0 Å². The highest BCUT2D eigenvalue weighted by molar-refractivity contribution is 6.31. The summed E-state index contributed by atoms with van der Waals surface area (Å²) in [4.78, 5) is 11.6. The van der Waals surface area contributed by atoms with Gasteiger partial charge in [-0.2, -0.15) is 0 Å². The molecular formula is C13H15ClO3. The Kier molecular flexibility index (Phi) is 3.29. The standard InChI is InChI=1S/C13H15ClO3/c14-11-5-4-9(15)8-10(11)13(12(16)17)6-2-1-3-7-13/h4-5,8,15H,1-3,6-7H2,(H,16,17). The van der Waals surface area contributed by atoms with Gasteiger partial charge in [-0.15, -0.1) is 0 Å². The summed E-state index contributed by atoms with van der Waals surface area (Å²) in [6.45, 7) is 0. The van der Waals surface area contributed by atoms with Gasteiger partial charge >= 0.3 is 5.97 Å². The van der Waals surface area contributed by atoms with Crippen molar-refractivity contribution in [1.82, 2.24) is 0 Å². The van der Waals surface area contributed by atoms with E-state index in [4.69, 9.17) is 11.6 Å². The fourth-order valence-electron chi connectivity index (χ4n) is 2.63. The second kappa shape index (κ2) is 4.57. The van der Waals surface area contributed by atoms with Gasteiger partial charge in [0.05, 0.1) is 5.41 Å². The van der Waals surface area contributed by atoms with E-state index in [1.165, 1.54) is 12.1 Å². The second-order valence-electron chi connectivity index (χ2n) is 4.61. The number of aliphatic carboxylic acids is 1. The summed E-state index contributed by atoms with van der Waals surface area (Å²) in [5.74, 6) is -0.778. The Bertz CT molecular complexity index is 436. The van der Waals surface area contributed by atoms with Gasteiger partial charge in [0.1, 0.15) is 5.75 Å². The van der Waals surface area contributed by atoms with Crippen molar-refractivity contribution < 1.29 is 15.0 Å². The third-order valence-corrected chi connectivity index (χ3v) is 3.91. The van der Waals surface area contributed by atoms with Gasteiger partial charge < -0.3 is 10.2 Å². The number of hydrogen-bond acceptors (Lipinski definition) is 2. The van der Waals surface area contributed by atoms with E-state index in [9.17, 15) is 15.0 Å². The Hall–Kier alpha value is -1.22.